The van der Waals surface area contributed by atoms with Gasteiger partial charge in [-0.25, -0.2) is 22.2 Å². The minimum Gasteiger partial charge on any atom is -0.275 e. The van der Waals surface area contributed by atoms with E-state index in [9.17, 15) is 17.2 Å². The number of anilines is 1. The average molecular weight is 418 g/mol. The minimum absolute atomic E-state index is 0.0650. The molecule has 0 atom stereocenters. The monoisotopic (exact) mass is 416 g/mol. The highest BCUT2D eigenvalue weighted by Crippen LogP contribution is 2.30. The van der Waals surface area contributed by atoms with Crippen LogP contribution in [-0.4, -0.2) is 13.4 Å². The maximum atomic E-state index is 13.6. The van der Waals surface area contributed by atoms with Gasteiger partial charge >= 0.3 is 0 Å². The van der Waals surface area contributed by atoms with Gasteiger partial charge in [-0.2, -0.15) is 0 Å². The summed E-state index contributed by atoms with van der Waals surface area (Å²) in [5.74, 6) is -1.92. The smallest absolute Gasteiger partial charge is 0.263 e. The molecule has 0 bridgehead atoms. The SMILES string of the molecule is O=S(=O)(Nc1c(F)cc(F)cc1Br)c1cnc(Cl)c(Cl)c1. The van der Waals surface area contributed by atoms with E-state index in [4.69, 9.17) is 23.2 Å². The quantitative estimate of drug-likeness (QED) is 0.760. The number of hydrogen-bond donors (Lipinski definition) is 1. The molecule has 1 aromatic heterocycles. The molecular formula is C11H5BrCl2F2N2O2S. The van der Waals surface area contributed by atoms with Crippen molar-refractivity contribution >= 4 is 54.8 Å². The Morgan fingerprint density at radius 3 is 2.43 bits per heavy atom. The second-order valence-electron chi connectivity index (χ2n) is 3.79. The number of nitrogens with one attached hydrogen (secondary N) is 1. The molecule has 1 aromatic carbocycles. The van der Waals surface area contributed by atoms with Crippen molar-refractivity contribution in [2.45, 2.75) is 4.90 Å². The highest BCUT2D eigenvalue weighted by Gasteiger charge is 2.20. The molecular weight excluding hydrogens is 413 g/mol. The molecule has 10 heteroatoms. The molecule has 0 fully saturated rings. The number of benzene rings is 1. The van der Waals surface area contributed by atoms with Gasteiger partial charge in [-0.05, 0) is 28.1 Å². The topological polar surface area (TPSA) is 59.1 Å². The van der Waals surface area contributed by atoms with E-state index < -0.39 is 27.3 Å². The third kappa shape index (κ3) is 3.63. The normalized spacial score (nSPS) is 11.5. The fourth-order valence-corrected chi connectivity index (χ4v) is 3.41. The lowest BCUT2D eigenvalue weighted by Crippen LogP contribution is -2.15. The van der Waals surface area contributed by atoms with Crippen LogP contribution in [0, 0.1) is 11.6 Å². The Morgan fingerprint density at radius 2 is 1.86 bits per heavy atom. The fraction of sp³-hybridized carbons (Fsp3) is 0. The second-order valence-corrected chi connectivity index (χ2v) is 7.10. The Morgan fingerprint density at radius 1 is 1.19 bits per heavy atom. The number of hydrogen-bond acceptors (Lipinski definition) is 3. The Kier molecular flexibility index (Phi) is 4.72. The Balaban J connectivity index is 2.44. The molecule has 0 amide bonds. The molecule has 0 aliphatic rings. The third-order valence-corrected chi connectivity index (χ3v) is 4.95. The summed E-state index contributed by atoms with van der Waals surface area (Å²) in [7, 11) is -4.16. The number of sulfonamides is 1. The summed E-state index contributed by atoms with van der Waals surface area (Å²) >= 11 is 14.2. The van der Waals surface area contributed by atoms with Crippen LogP contribution in [0.5, 0.6) is 0 Å². The lowest BCUT2D eigenvalue weighted by Gasteiger charge is -2.11. The third-order valence-electron chi connectivity index (χ3n) is 2.32. The molecule has 2 rings (SSSR count). The molecule has 0 radical (unpaired) electrons. The van der Waals surface area contributed by atoms with E-state index in [2.05, 4.69) is 20.9 Å². The molecule has 0 unspecified atom stereocenters. The van der Waals surface area contributed by atoms with Crippen LogP contribution in [0.15, 0.2) is 33.8 Å². The summed E-state index contributed by atoms with van der Waals surface area (Å²) < 4.78 is 52.8. The zero-order chi connectivity index (χ0) is 15.8. The summed E-state index contributed by atoms with van der Waals surface area (Å²) in [6, 6.07) is 2.54. The first-order chi connectivity index (χ1) is 9.70. The summed E-state index contributed by atoms with van der Waals surface area (Å²) in [4.78, 5) is 3.28. The standard InChI is InChI=1S/C11H5BrCl2F2N2O2S/c12-7-1-5(15)2-9(16)10(7)18-21(19,20)6-3-8(13)11(14)17-4-6/h1-4,18H. The number of halogens is 5. The molecule has 0 spiro atoms. The molecule has 21 heavy (non-hydrogen) atoms. The molecule has 0 saturated carbocycles. The Labute approximate surface area is 137 Å². The molecule has 0 aliphatic carbocycles. The van der Waals surface area contributed by atoms with Crippen molar-refractivity contribution in [1.82, 2.24) is 4.98 Å². The first-order valence-corrected chi connectivity index (χ1v) is 8.22. The van der Waals surface area contributed by atoms with E-state index in [0.717, 1.165) is 18.3 Å². The van der Waals surface area contributed by atoms with Crippen molar-refractivity contribution in [3.05, 3.63) is 50.7 Å². The van der Waals surface area contributed by atoms with Crippen molar-refractivity contribution in [1.29, 1.82) is 0 Å². The number of aromatic nitrogens is 1. The summed E-state index contributed by atoms with van der Waals surface area (Å²) in [5.41, 5.74) is -0.428. The molecule has 1 heterocycles. The highest BCUT2D eigenvalue weighted by atomic mass is 79.9. The van der Waals surface area contributed by atoms with Gasteiger partial charge in [0.15, 0.2) is 5.82 Å². The molecule has 2 aromatic rings. The molecule has 1 N–H and O–H groups in total. The zero-order valence-corrected chi connectivity index (χ0v) is 13.8. The van der Waals surface area contributed by atoms with Gasteiger partial charge in [-0.3, -0.25) is 4.72 Å². The van der Waals surface area contributed by atoms with Gasteiger partial charge in [0.2, 0.25) is 0 Å². The lowest BCUT2D eigenvalue weighted by molar-refractivity contribution is 0.581. The van der Waals surface area contributed by atoms with Crippen molar-refractivity contribution in [3.8, 4) is 0 Å². The van der Waals surface area contributed by atoms with Crippen LogP contribution >= 0.6 is 39.1 Å². The van der Waals surface area contributed by atoms with Gasteiger partial charge in [0.1, 0.15) is 15.9 Å². The van der Waals surface area contributed by atoms with Crippen molar-refractivity contribution in [2.75, 3.05) is 4.72 Å². The largest absolute Gasteiger partial charge is 0.275 e. The van der Waals surface area contributed by atoms with E-state index in [-0.39, 0.29) is 19.5 Å². The maximum Gasteiger partial charge on any atom is 0.263 e. The zero-order valence-electron chi connectivity index (χ0n) is 9.87. The van der Waals surface area contributed by atoms with Crippen molar-refractivity contribution in [3.63, 3.8) is 0 Å². The number of pyridine rings is 1. The van der Waals surface area contributed by atoms with Gasteiger partial charge in [0.05, 0.1) is 10.7 Å². The lowest BCUT2D eigenvalue weighted by atomic mass is 10.3. The van der Waals surface area contributed by atoms with Gasteiger partial charge in [0, 0.05) is 16.7 Å². The van der Waals surface area contributed by atoms with Crippen molar-refractivity contribution in [2.24, 2.45) is 0 Å². The second kappa shape index (κ2) is 6.04. The van der Waals surface area contributed by atoms with E-state index in [1.54, 1.807) is 0 Å². The fourth-order valence-electron chi connectivity index (χ4n) is 1.38. The van der Waals surface area contributed by atoms with Crippen LogP contribution in [0.3, 0.4) is 0 Å². The molecule has 0 aliphatic heterocycles. The molecule has 112 valence electrons. The number of nitrogens with zero attached hydrogens (tertiary/aromatic N) is 1. The van der Waals surface area contributed by atoms with E-state index in [1.165, 1.54) is 0 Å². The average Bonchev–Trinajstić information content (AvgIpc) is 2.37. The minimum atomic E-state index is -4.16. The maximum absolute atomic E-state index is 13.6. The van der Waals surface area contributed by atoms with Gasteiger partial charge in [-0.1, -0.05) is 23.2 Å². The highest BCUT2D eigenvalue weighted by molar-refractivity contribution is 9.10. The first-order valence-electron chi connectivity index (χ1n) is 5.19. The van der Waals surface area contributed by atoms with Crippen LogP contribution in [0.1, 0.15) is 0 Å². The van der Waals surface area contributed by atoms with E-state index >= 15 is 0 Å². The van der Waals surface area contributed by atoms with Crippen LogP contribution < -0.4 is 4.72 Å². The first kappa shape index (κ1) is 16.4. The van der Waals surface area contributed by atoms with Crippen LogP contribution in [0.4, 0.5) is 14.5 Å². The Bertz CT molecular complexity index is 795. The molecule has 0 saturated heterocycles. The van der Waals surface area contributed by atoms with E-state index in [0.29, 0.717) is 6.07 Å². The van der Waals surface area contributed by atoms with Crippen LogP contribution in [0.2, 0.25) is 10.2 Å². The van der Waals surface area contributed by atoms with Crippen molar-refractivity contribution < 1.29 is 17.2 Å². The summed E-state index contributed by atoms with van der Waals surface area (Å²) in [5, 5.41) is -0.136. The number of rotatable bonds is 3. The molecule has 4 nitrogen and oxygen atoms in total. The summed E-state index contributed by atoms with van der Waals surface area (Å²) in [6.45, 7) is 0. The van der Waals surface area contributed by atoms with E-state index in [1.807, 2.05) is 4.72 Å². The van der Waals surface area contributed by atoms with Crippen LogP contribution in [-0.2, 0) is 10.0 Å². The van der Waals surface area contributed by atoms with Gasteiger partial charge in [0.25, 0.3) is 10.0 Å². The predicted octanol–water partition coefficient (Wildman–Crippen LogP) is 4.23. The predicted molar refractivity (Wildman–Crippen MR) is 79.1 cm³/mol. The Hall–Kier alpha value is -0.960. The van der Waals surface area contributed by atoms with Crippen LogP contribution in [0.25, 0.3) is 0 Å². The van der Waals surface area contributed by atoms with Gasteiger partial charge in [-0.15, -0.1) is 0 Å². The summed E-state index contributed by atoms with van der Waals surface area (Å²) in [6.07, 6.45) is 0.964. The van der Waals surface area contributed by atoms with Gasteiger partial charge < -0.3 is 0 Å².